The Morgan fingerprint density at radius 3 is 2.50 bits per heavy atom. The van der Waals surface area contributed by atoms with Crippen molar-refractivity contribution in [3.63, 3.8) is 0 Å². The maximum atomic E-state index is 13.1. The fourth-order valence-electron chi connectivity index (χ4n) is 3.19. The first-order valence-electron chi connectivity index (χ1n) is 10.5. The van der Waals surface area contributed by atoms with Gasteiger partial charge < -0.3 is 15.0 Å². The predicted molar refractivity (Wildman–Crippen MR) is 121 cm³/mol. The van der Waals surface area contributed by atoms with E-state index in [0.717, 1.165) is 24.0 Å². The van der Waals surface area contributed by atoms with E-state index in [0.29, 0.717) is 30.3 Å². The minimum Gasteiger partial charge on any atom is -0.484 e. The van der Waals surface area contributed by atoms with Crippen LogP contribution in [0, 0.1) is 6.92 Å². The van der Waals surface area contributed by atoms with Gasteiger partial charge in [0.15, 0.2) is 6.61 Å². The predicted octanol–water partition coefficient (Wildman–Crippen LogP) is 4.75. The normalized spacial score (nSPS) is 11.6. The van der Waals surface area contributed by atoms with Gasteiger partial charge in [-0.2, -0.15) is 0 Å². The van der Waals surface area contributed by atoms with E-state index in [1.54, 1.807) is 29.2 Å². The number of hydrogen-bond donors (Lipinski definition) is 1. The zero-order valence-electron chi connectivity index (χ0n) is 18.0. The molecule has 30 heavy (non-hydrogen) atoms. The molecule has 0 heterocycles. The second-order valence-electron chi connectivity index (χ2n) is 7.32. The third-order valence-corrected chi connectivity index (χ3v) is 5.08. The van der Waals surface area contributed by atoms with E-state index >= 15 is 0 Å². The molecular formula is C24H31ClN2O3. The van der Waals surface area contributed by atoms with E-state index in [4.69, 9.17) is 16.3 Å². The van der Waals surface area contributed by atoms with Gasteiger partial charge in [-0.05, 0) is 49.6 Å². The number of halogens is 1. The molecule has 6 heteroatoms. The molecule has 2 aromatic rings. The van der Waals surface area contributed by atoms with Crippen LogP contribution in [0.15, 0.2) is 48.5 Å². The van der Waals surface area contributed by atoms with Gasteiger partial charge >= 0.3 is 0 Å². The Hall–Kier alpha value is -2.53. The average molecular weight is 431 g/mol. The van der Waals surface area contributed by atoms with Crippen molar-refractivity contribution in [2.75, 3.05) is 13.2 Å². The fourth-order valence-corrected chi connectivity index (χ4v) is 3.32. The number of ether oxygens (including phenoxy) is 1. The zero-order valence-corrected chi connectivity index (χ0v) is 18.7. The molecule has 2 amide bonds. The van der Waals surface area contributed by atoms with Gasteiger partial charge in [0.2, 0.25) is 5.91 Å². The van der Waals surface area contributed by atoms with E-state index < -0.39 is 6.04 Å². The van der Waals surface area contributed by atoms with Crippen LogP contribution in [0.4, 0.5) is 0 Å². The Labute approximate surface area is 184 Å². The number of hydrogen-bond acceptors (Lipinski definition) is 3. The third-order valence-electron chi connectivity index (χ3n) is 4.83. The molecule has 0 spiro atoms. The van der Waals surface area contributed by atoms with Gasteiger partial charge in [-0.25, -0.2) is 0 Å². The van der Waals surface area contributed by atoms with Crippen molar-refractivity contribution in [1.29, 1.82) is 0 Å². The molecule has 1 N–H and O–H groups in total. The van der Waals surface area contributed by atoms with Gasteiger partial charge in [0.1, 0.15) is 11.8 Å². The number of benzene rings is 2. The first kappa shape index (κ1) is 23.7. The van der Waals surface area contributed by atoms with Crippen molar-refractivity contribution < 1.29 is 14.3 Å². The first-order chi connectivity index (χ1) is 14.4. The molecule has 0 saturated heterocycles. The van der Waals surface area contributed by atoms with Crippen molar-refractivity contribution in [3.05, 3.63) is 64.7 Å². The molecule has 2 rings (SSSR count). The second-order valence-corrected chi connectivity index (χ2v) is 7.76. The summed E-state index contributed by atoms with van der Waals surface area (Å²) in [7, 11) is 0. The van der Waals surface area contributed by atoms with Gasteiger partial charge in [0.25, 0.3) is 5.91 Å². The van der Waals surface area contributed by atoms with Crippen molar-refractivity contribution in [1.82, 2.24) is 10.2 Å². The second kappa shape index (κ2) is 12.2. The van der Waals surface area contributed by atoms with Crippen molar-refractivity contribution in [2.24, 2.45) is 0 Å². The summed E-state index contributed by atoms with van der Waals surface area (Å²) >= 11 is 5.90. The molecule has 162 valence electrons. The van der Waals surface area contributed by atoms with Crippen LogP contribution >= 0.6 is 11.6 Å². The third kappa shape index (κ3) is 7.38. The number of rotatable bonds is 11. The van der Waals surface area contributed by atoms with Crippen LogP contribution < -0.4 is 10.1 Å². The lowest BCUT2D eigenvalue weighted by Crippen LogP contribution is -2.50. The van der Waals surface area contributed by atoms with Gasteiger partial charge in [-0.1, -0.05) is 61.7 Å². The minimum atomic E-state index is -0.552. The molecule has 1 atom stereocenters. The highest BCUT2D eigenvalue weighted by atomic mass is 35.5. The number of amides is 2. The van der Waals surface area contributed by atoms with Crippen LogP contribution in [0.5, 0.6) is 5.75 Å². The van der Waals surface area contributed by atoms with Crippen molar-refractivity contribution in [2.45, 2.75) is 52.6 Å². The smallest absolute Gasteiger partial charge is 0.261 e. The molecule has 0 aliphatic rings. The number of nitrogens with one attached hydrogen (secondary N) is 1. The lowest BCUT2D eigenvalue weighted by atomic mass is 10.1. The van der Waals surface area contributed by atoms with Gasteiger partial charge in [-0.15, -0.1) is 0 Å². The summed E-state index contributed by atoms with van der Waals surface area (Å²) in [4.78, 5) is 27.5. The molecule has 0 aromatic heterocycles. The Morgan fingerprint density at radius 1 is 1.13 bits per heavy atom. The summed E-state index contributed by atoms with van der Waals surface area (Å²) in [6.45, 7) is 6.82. The first-order valence-corrected chi connectivity index (χ1v) is 10.8. The molecule has 5 nitrogen and oxygen atoms in total. The highest BCUT2D eigenvalue weighted by Gasteiger charge is 2.28. The number of carbonyl (C=O) groups is 2. The zero-order chi connectivity index (χ0) is 21.9. The molecule has 0 aliphatic heterocycles. The minimum absolute atomic E-state index is 0.126. The monoisotopic (exact) mass is 430 g/mol. The SMILES string of the molecule is CCCCNC(=O)C(CC)N(Cc1cccc(C)c1)C(=O)COc1ccc(Cl)cc1. The van der Waals surface area contributed by atoms with E-state index in [1.807, 2.05) is 38.1 Å². The Morgan fingerprint density at radius 2 is 1.87 bits per heavy atom. The number of aryl methyl sites for hydroxylation is 1. The maximum Gasteiger partial charge on any atom is 0.261 e. The molecule has 0 radical (unpaired) electrons. The largest absolute Gasteiger partial charge is 0.484 e. The summed E-state index contributed by atoms with van der Waals surface area (Å²) in [6.07, 6.45) is 2.43. The Balaban J connectivity index is 2.16. The fraction of sp³-hybridized carbons (Fsp3) is 0.417. The van der Waals surface area contributed by atoms with Crippen molar-refractivity contribution in [3.8, 4) is 5.75 Å². The maximum absolute atomic E-state index is 13.1. The van der Waals surface area contributed by atoms with E-state index in [2.05, 4.69) is 12.2 Å². The molecule has 1 unspecified atom stereocenters. The molecule has 0 saturated carbocycles. The lowest BCUT2D eigenvalue weighted by Gasteiger charge is -2.30. The summed E-state index contributed by atoms with van der Waals surface area (Å²) in [5.41, 5.74) is 2.09. The van der Waals surface area contributed by atoms with Gasteiger partial charge in [0, 0.05) is 18.1 Å². The highest BCUT2D eigenvalue weighted by Crippen LogP contribution is 2.17. The number of carbonyl (C=O) groups excluding carboxylic acids is 2. The summed E-state index contributed by atoms with van der Waals surface area (Å²) in [5, 5.41) is 3.56. The van der Waals surface area contributed by atoms with Crippen LogP contribution in [0.1, 0.15) is 44.2 Å². The molecular weight excluding hydrogens is 400 g/mol. The van der Waals surface area contributed by atoms with Crippen LogP contribution in [0.3, 0.4) is 0 Å². The lowest BCUT2D eigenvalue weighted by molar-refractivity contribution is -0.143. The Kier molecular flexibility index (Phi) is 9.68. The van der Waals surface area contributed by atoms with E-state index in [1.165, 1.54) is 0 Å². The van der Waals surface area contributed by atoms with Crippen LogP contribution in [0.2, 0.25) is 5.02 Å². The summed E-state index contributed by atoms with van der Waals surface area (Å²) in [6, 6.07) is 14.3. The van der Waals surface area contributed by atoms with Crippen LogP contribution in [-0.4, -0.2) is 35.9 Å². The van der Waals surface area contributed by atoms with E-state index in [-0.39, 0.29) is 18.4 Å². The van der Waals surface area contributed by atoms with Crippen molar-refractivity contribution >= 4 is 23.4 Å². The quantitative estimate of drug-likeness (QED) is 0.523. The molecule has 2 aromatic carbocycles. The van der Waals surface area contributed by atoms with Crippen LogP contribution in [-0.2, 0) is 16.1 Å². The molecule has 0 fully saturated rings. The standard InChI is InChI=1S/C24H31ClN2O3/c1-4-6-14-26-24(29)22(5-2)27(16-19-9-7-8-18(3)15-19)23(28)17-30-21-12-10-20(25)11-13-21/h7-13,15,22H,4-6,14,16-17H2,1-3H3,(H,26,29). The van der Waals surface area contributed by atoms with E-state index in [9.17, 15) is 9.59 Å². The van der Waals surface area contributed by atoms with Crippen LogP contribution in [0.25, 0.3) is 0 Å². The topological polar surface area (TPSA) is 58.6 Å². The summed E-state index contributed by atoms with van der Waals surface area (Å²) in [5.74, 6) is 0.200. The summed E-state index contributed by atoms with van der Waals surface area (Å²) < 4.78 is 5.66. The molecule has 0 bridgehead atoms. The van der Waals surface area contributed by atoms with Gasteiger partial charge in [-0.3, -0.25) is 9.59 Å². The Bertz CT molecular complexity index is 823. The van der Waals surface area contributed by atoms with Gasteiger partial charge in [0.05, 0.1) is 0 Å². The highest BCUT2D eigenvalue weighted by molar-refractivity contribution is 6.30. The number of nitrogens with zero attached hydrogens (tertiary/aromatic N) is 1. The molecule has 0 aliphatic carbocycles. The average Bonchev–Trinajstić information content (AvgIpc) is 2.73. The number of unbranched alkanes of at least 4 members (excludes halogenated alkanes) is 1.